The van der Waals surface area contributed by atoms with Crippen LogP contribution in [-0.2, 0) is 6.67 Å². The molecule has 0 bridgehead atoms. The van der Waals surface area contributed by atoms with Crippen molar-refractivity contribution < 1.29 is 8.78 Å². The van der Waals surface area contributed by atoms with E-state index in [4.69, 9.17) is 0 Å². The molecule has 0 heterocycles. The van der Waals surface area contributed by atoms with E-state index in [9.17, 15) is 8.78 Å². The summed E-state index contributed by atoms with van der Waals surface area (Å²) in [5, 5.41) is 0. The molecule has 0 aliphatic rings. The van der Waals surface area contributed by atoms with Crippen LogP contribution in [0.3, 0.4) is 0 Å². The van der Waals surface area contributed by atoms with Crippen molar-refractivity contribution >= 4 is 0 Å². The third kappa shape index (κ3) is 1.39. The van der Waals surface area contributed by atoms with Gasteiger partial charge in [-0.05, 0) is 31.0 Å². The van der Waals surface area contributed by atoms with E-state index in [0.29, 0.717) is 5.56 Å². The molecule has 0 radical (unpaired) electrons. The van der Waals surface area contributed by atoms with E-state index in [2.05, 4.69) is 0 Å². The molecule has 0 amide bonds. The van der Waals surface area contributed by atoms with E-state index in [1.807, 2.05) is 6.92 Å². The Morgan fingerprint density at radius 3 is 2.36 bits per heavy atom. The Morgan fingerprint density at radius 1 is 1.27 bits per heavy atom. The van der Waals surface area contributed by atoms with Crippen LogP contribution in [0.4, 0.5) is 8.78 Å². The summed E-state index contributed by atoms with van der Waals surface area (Å²) in [7, 11) is 0. The van der Waals surface area contributed by atoms with E-state index >= 15 is 0 Å². The van der Waals surface area contributed by atoms with Gasteiger partial charge in [-0.25, -0.2) is 8.78 Å². The van der Waals surface area contributed by atoms with Crippen LogP contribution in [0.25, 0.3) is 0 Å². The summed E-state index contributed by atoms with van der Waals surface area (Å²) >= 11 is 0. The summed E-state index contributed by atoms with van der Waals surface area (Å²) in [6.45, 7) is 2.85. The zero-order chi connectivity index (χ0) is 8.43. The second kappa shape index (κ2) is 2.99. The normalized spacial score (nSPS) is 10.2. The molecule has 0 saturated carbocycles. The van der Waals surface area contributed by atoms with Crippen molar-refractivity contribution in [3.8, 4) is 0 Å². The Balaban J connectivity index is 3.29. The molecule has 0 fully saturated rings. The van der Waals surface area contributed by atoms with Gasteiger partial charge in [0, 0.05) is 5.56 Å². The SMILES string of the molecule is Cc1ccc(F)c(CF)c1C. The van der Waals surface area contributed by atoms with E-state index in [1.54, 1.807) is 13.0 Å². The van der Waals surface area contributed by atoms with Gasteiger partial charge in [-0.1, -0.05) is 6.07 Å². The number of alkyl halides is 1. The quantitative estimate of drug-likeness (QED) is 0.586. The van der Waals surface area contributed by atoms with E-state index in [-0.39, 0.29) is 5.56 Å². The van der Waals surface area contributed by atoms with Crippen molar-refractivity contribution in [3.63, 3.8) is 0 Å². The van der Waals surface area contributed by atoms with Crippen LogP contribution in [0.1, 0.15) is 16.7 Å². The molecule has 0 atom stereocenters. The molecule has 0 aromatic heterocycles. The third-order valence-corrected chi connectivity index (χ3v) is 1.95. The largest absolute Gasteiger partial charge is 0.246 e. The highest BCUT2D eigenvalue weighted by Crippen LogP contribution is 2.17. The Bertz CT molecular complexity index is 267. The molecule has 0 unspecified atom stereocenters. The molecule has 60 valence electrons. The highest BCUT2D eigenvalue weighted by atomic mass is 19.1. The molecule has 1 aromatic carbocycles. The van der Waals surface area contributed by atoms with Crippen molar-refractivity contribution in [3.05, 3.63) is 34.6 Å². The molecular weight excluding hydrogens is 146 g/mol. The average Bonchev–Trinajstić information content (AvgIpc) is 1.99. The van der Waals surface area contributed by atoms with E-state index in [0.717, 1.165) is 5.56 Å². The van der Waals surface area contributed by atoms with Gasteiger partial charge in [0.1, 0.15) is 12.5 Å². The Labute approximate surface area is 64.9 Å². The Hall–Kier alpha value is -0.920. The second-order valence-corrected chi connectivity index (χ2v) is 2.60. The fourth-order valence-electron chi connectivity index (χ4n) is 1.00. The first-order valence-electron chi connectivity index (χ1n) is 3.47. The minimum atomic E-state index is -0.723. The van der Waals surface area contributed by atoms with Gasteiger partial charge >= 0.3 is 0 Å². The number of benzene rings is 1. The number of halogens is 2. The zero-order valence-corrected chi connectivity index (χ0v) is 6.62. The summed E-state index contributed by atoms with van der Waals surface area (Å²) in [6, 6.07) is 2.96. The summed E-state index contributed by atoms with van der Waals surface area (Å²) in [4.78, 5) is 0. The summed E-state index contributed by atoms with van der Waals surface area (Å²) in [5.74, 6) is -0.449. The topological polar surface area (TPSA) is 0 Å². The van der Waals surface area contributed by atoms with Crippen LogP contribution >= 0.6 is 0 Å². The van der Waals surface area contributed by atoms with Crippen LogP contribution in [-0.4, -0.2) is 0 Å². The van der Waals surface area contributed by atoms with Crippen LogP contribution < -0.4 is 0 Å². The van der Waals surface area contributed by atoms with Gasteiger partial charge in [0.2, 0.25) is 0 Å². The van der Waals surface area contributed by atoms with Crippen LogP contribution in [0.5, 0.6) is 0 Å². The molecule has 0 N–H and O–H groups in total. The fraction of sp³-hybridized carbons (Fsp3) is 0.333. The summed E-state index contributed by atoms with van der Waals surface area (Å²) < 4.78 is 25.0. The van der Waals surface area contributed by atoms with Gasteiger partial charge in [-0.3, -0.25) is 0 Å². The van der Waals surface area contributed by atoms with Gasteiger partial charge in [0.05, 0.1) is 0 Å². The van der Waals surface area contributed by atoms with Crippen molar-refractivity contribution in [1.29, 1.82) is 0 Å². The molecule has 0 spiro atoms. The first-order valence-corrected chi connectivity index (χ1v) is 3.47. The summed E-state index contributed by atoms with van der Waals surface area (Å²) in [5.41, 5.74) is 1.83. The first kappa shape index (κ1) is 8.18. The van der Waals surface area contributed by atoms with E-state index < -0.39 is 12.5 Å². The lowest BCUT2D eigenvalue weighted by Crippen LogP contribution is -1.93. The lowest BCUT2D eigenvalue weighted by atomic mass is 10.0. The van der Waals surface area contributed by atoms with Crippen LogP contribution in [0, 0.1) is 19.7 Å². The van der Waals surface area contributed by atoms with Crippen molar-refractivity contribution in [1.82, 2.24) is 0 Å². The maximum atomic E-state index is 12.8. The Morgan fingerprint density at radius 2 is 1.91 bits per heavy atom. The third-order valence-electron chi connectivity index (χ3n) is 1.95. The van der Waals surface area contributed by atoms with Crippen LogP contribution in [0.2, 0.25) is 0 Å². The molecule has 11 heavy (non-hydrogen) atoms. The van der Waals surface area contributed by atoms with E-state index in [1.165, 1.54) is 6.07 Å². The Kier molecular flexibility index (Phi) is 2.22. The molecule has 2 heteroatoms. The maximum Gasteiger partial charge on any atom is 0.129 e. The molecule has 0 aliphatic carbocycles. The lowest BCUT2D eigenvalue weighted by Gasteiger charge is -2.05. The van der Waals surface area contributed by atoms with Gasteiger partial charge in [0.25, 0.3) is 0 Å². The van der Waals surface area contributed by atoms with Gasteiger partial charge in [-0.15, -0.1) is 0 Å². The smallest absolute Gasteiger partial charge is 0.129 e. The highest BCUT2D eigenvalue weighted by Gasteiger charge is 2.06. The first-order chi connectivity index (χ1) is 5.16. The second-order valence-electron chi connectivity index (χ2n) is 2.60. The summed E-state index contributed by atoms with van der Waals surface area (Å²) in [6.07, 6.45) is 0. The van der Waals surface area contributed by atoms with Crippen LogP contribution in [0.15, 0.2) is 12.1 Å². The molecule has 1 aromatic rings. The maximum absolute atomic E-state index is 12.8. The number of hydrogen-bond donors (Lipinski definition) is 0. The van der Waals surface area contributed by atoms with Gasteiger partial charge in [-0.2, -0.15) is 0 Å². The fourth-order valence-corrected chi connectivity index (χ4v) is 1.00. The average molecular weight is 156 g/mol. The monoisotopic (exact) mass is 156 g/mol. The molecule has 1 rings (SSSR count). The lowest BCUT2D eigenvalue weighted by molar-refractivity contribution is 0.461. The van der Waals surface area contributed by atoms with Crippen molar-refractivity contribution in [2.75, 3.05) is 0 Å². The van der Waals surface area contributed by atoms with Crippen molar-refractivity contribution in [2.24, 2.45) is 0 Å². The molecule has 0 saturated heterocycles. The standard InChI is InChI=1S/C9H10F2/c1-6-3-4-9(11)8(5-10)7(6)2/h3-4H,5H2,1-2H3. The number of rotatable bonds is 1. The minimum Gasteiger partial charge on any atom is -0.246 e. The van der Waals surface area contributed by atoms with Gasteiger partial charge in [0.15, 0.2) is 0 Å². The predicted molar refractivity (Wildman–Crippen MR) is 40.7 cm³/mol. The van der Waals surface area contributed by atoms with Gasteiger partial charge < -0.3 is 0 Å². The molecule has 0 aliphatic heterocycles. The number of hydrogen-bond acceptors (Lipinski definition) is 0. The molecule has 0 nitrogen and oxygen atoms in total. The minimum absolute atomic E-state index is 0.185. The van der Waals surface area contributed by atoms with Crippen molar-refractivity contribution in [2.45, 2.75) is 20.5 Å². The predicted octanol–water partition coefficient (Wildman–Crippen LogP) is 2.91. The highest BCUT2D eigenvalue weighted by molar-refractivity contribution is 5.33. The number of aryl methyl sites for hydroxylation is 1. The molecular formula is C9H10F2. The zero-order valence-electron chi connectivity index (χ0n) is 6.62.